The normalized spacial score (nSPS) is 23.1. The molecule has 2 atom stereocenters. The minimum atomic E-state index is -0.775. The monoisotopic (exact) mass is 305 g/mol. The number of nitrogens with one attached hydrogen (secondary N) is 1. The van der Waals surface area contributed by atoms with Gasteiger partial charge in [0.15, 0.2) is 0 Å². The molecule has 0 aliphatic heterocycles. The molecule has 0 radical (unpaired) electrons. The average Bonchev–Trinajstić information content (AvgIpc) is 2.34. The number of carboxylic acid groups (broad SMARTS) is 1. The van der Waals surface area contributed by atoms with Crippen molar-refractivity contribution in [1.82, 2.24) is 0 Å². The maximum Gasteiger partial charge on any atom is 0.306 e. The van der Waals surface area contributed by atoms with E-state index in [1.165, 1.54) is 12.1 Å². The first-order valence-electron chi connectivity index (χ1n) is 6.11. The van der Waals surface area contributed by atoms with Crippen LogP contribution in [0.25, 0.3) is 0 Å². The van der Waals surface area contributed by atoms with Gasteiger partial charge in [-0.25, -0.2) is 4.39 Å². The van der Waals surface area contributed by atoms with Gasteiger partial charge in [-0.2, -0.15) is 0 Å². The molecule has 0 aromatic heterocycles. The lowest BCUT2D eigenvalue weighted by Gasteiger charge is -2.28. The van der Waals surface area contributed by atoms with E-state index in [-0.39, 0.29) is 22.0 Å². The van der Waals surface area contributed by atoms with Gasteiger partial charge in [0.1, 0.15) is 5.82 Å². The SMILES string of the molecule is O=C(O)C1CCCC(Nc2c(Cl)cc(F)cc2Cl)C1. The molecule has 2 N–H and O–H groups in total. The first kappa shape index (κ1) is 14.4. The van der Waals surface area contributed by atoms with E-state index < -0.39 is 11.8 Å². The number of aliphatic carboxylic acids is 1. The summed E-state index contributed by atoms with van der Waals surface area (Å²) in [5.41, 5.74) is 0.473. The fourth-order valence-electron chi connectivity index (χ4n) is 2.43. The molecule has 19 heavy (non-hydrogen) atoms. The second kappa shape index (κ2) is 5.97. The molecule has 2 unspecified atom stereocenters. The van der Waals surface area contributed by atoms with E-state index in [2.05, 4.69) is 5.32 Å². The number of hydrogen-bond donors (Lipinski definition) is 2. The highest BCUT2D eigenvalue weighted by molar-refractivity contribution is 6.39. The van der Waals surface area contributed by atoms with Crippen LogP contribution in [0.3, 0.4) is 0 Å². The van der Waals surface area contributed by atoms with Crippen molar-refractivity contribution in [2.45, 2.75) is 31.7 Å². The van der Waals surface area contributed by atoms with E-state index in [1.54, 1.807) is 0 Å². The van der Waals surface area contributed by atoms with Crippen molar-refractivity contribution in [3.05, 3.63) is 28.0 Å². The number of anilines is 1. The van der Waals surface area contributed by atoms with Crippen LogP contribution >= 0.6 is 23.2 Å². The van der Waals surface area contributed by atoms with Crippen LogP contribution in [-0.2, 0) is 4.79 Å². The summed E-state index contributed by atoms with van der Waals surface area (Å²) in [6.45, 7) is 0. The first-order chi connectivity index (χ1) is 8.97. The Kier molecular flexibility index (Phi) is 4.53. The first-order valence-corrected chi connectivity index (χ1v) is 6.87. The van der Waals surface area contributed by atoms with E-state index in [0.717, 1.165) is 12.8 Å². The van der Waals surface area contributed by atoms with E-state index >= 15 is 0 Å². The zero-order valence-corrected chi connectivity index (χ0v) is 11.6. The van der Waals surface area contributed by atoms with Crippen LogP contribution < -0.4 is 5.32 Å². The van der Waals surface area contributed by atoms with Crippen molar-refractivity contribution in [3.63, 3.8) is 0 Å². The molecule has 1 fully saturated rings. The van der Waals surface area contributed by atoms with Crippen LogP contribution in [0.1, 0.15) is 25.7 Å². The zero-order valence-electron chi connectivity index (χ0n) is 10.1. The van der Waals surface area contributed by atoms with E-state index in [1.807, 2.05) is 0 Å². The Balaban J connectivity index is 2.11. The van der Waals surface area contributed by atoms with Crippen molar-refractivity contribution < 1.29 is 14.3 Å². The van der Waals surface area contributed by atoms with E-state index in [9.17, 15) is 9.18 Å². The topological polar surface area (TPSA) is 49.3 Å². The summed E-state index contributed by atoms with van der Waals surface area (Å²) >= 11 is 11.9. The van der Waals surface area contributed by atoms with Gasteiger partial charge in [-0.1, -0.05) is 29.6 Å². The van der Waals surface area contributed by atoms with Crippen LogP contribution in [0.2, 0.25) is 10.0 Å². The maximum atomic E-state index is 13.1. The second-order valence-electron chi connectivity index (χ2n) is 4.79. The molecule has 1 aliphatic carbocycles. The molecule has 1 aromatic rings. The lowest BCUT2D eigenvalue weighted by atomic mass is 9.85. The summed E-state index contributed by atoms with van der Waals surface area (Å²) in [7, 11) is 0. The molecule has 1 aliphatic rings. The number of hydrogen-bond acceptors (Lipinski definition) is 2. The third kappa shape index (κ3) is 3.51. The maximum absolute atomic E-state index is 13.1. The van der Waals surface area contributed by atoms with Crippen LogP contribution in [0.15, 0.2) is 12.1 Å². The van der Waals surface area contributed by atoms with Crippen molar-refractivity contribution in [2.24, 2.45) is 5.92 Å². The molecular formula is C13H14Cl2FNO2. The Morgan fingerprint density at radius 3 is 2.53 bits per heavy atom. The fraction of sp³-hybridized carbons (Fsp3) is 0.462. The summed E-state index contributed by atoms with van der Waals surface area (Å²) in [5, 5.41) is 12.6. The van der Waals surface area contributed by atoms with Crippen molar-refractivity contribution in [2.75, 3.05) is 5.32 Å². The van der Waals surface area contributed by atoms with Crippen LogP contribution in [-0.4, -0.2) is 17.1 Å². The van der Waals surface area contributed by atoms with Crippen molar-refractivity contribution in [1.29, 1.82) is 0 Å². The summed E-state index contributed by atoms with van der Waals surface area (Å²) < 4.78 is 13.1. The van der Waals surface area contributed by atoms with Gasteiger partial charge in [0.2, 0.25) is 0 Å². The highest BCUT2D eigenvalue weighted by Gasteiger charge is 2.27. The molecule has 2 rings (SSSR count). The molecule has 0 heterocycles. The number of halogens is 3. The average molecular weight is 306 g/mol. The van der Waals surface area contributed by atoms with Crippen LogP contribution in [0.5, 0.6) is 0 Å². The van der Waals surface area contributed by atoms with Gasteiger partial charge < -0.3 is 10.4 Å². The predicted octanol–water partition coefficient (Wildman–Crippen LogP) is 4.19. The third-order valence-corrected chi connectivity index (χ3v) is 3.97. The molecule has 1 aromatic carbocycles. The number of rotatable bonds is 3. The Hall–Kier alpha value is -1.00. The molecule has 0 amide bonds. The lowest BCUT2D eigenvalue weighted by molar-refractivity contribution is -0.142. The highest BCUT2D eigenvalue weighted by Crippen LogP contribution is 2.34. The lowest BCUT2D eigenvalue weighted by Crippen LogP contribution is -2.31. The summed E-state index contributed by atoms with van der Waals surface area (Å²) in [6, 6.07) is 2.37. The van der Waals surface area contributed by atoms with Crippen LogP contribution in [0.4, 0.5) is 10.1 Å². The Bertz CT molecular complexity index is 473. The number of carbonyl (C=O) groups is 1. The van der Waals surface area contributed by atoms with Crippen LogP contribution in [0, 0.1) is 11.7 Å². The quantitative estimate of drug-likeness (QED) is 0.880. The van der Waals surface area contributed by atoms with Crippen molar-refractivity contribution in [3.8, 4) is 0 Å². The van der Waals surface area contributed by atoms with E-state index in [4.69, 9.17) is 28.3 Å². The molecule has 104 valence electrons. The minimum absolute atomic E-state index is 0.00434. The molecule has 0 saturated heterocycles. The van der Waals surface area contributed by atoms with Gasteiger partial charge in [-0.3, -0.25) is 4.79 Å². The molecule has 0 spiro atoms. The Morgan fingerprint density at radius 1 is 1.32 bits per heavy atom. The standard InChI is InChI=1S/C13H14Cl2FNO2/c14-10-5-8(16)6-11(15)12(10)17-9-3-1-2-7(4-9)13(18)19/h5-7,9,17H,1-4H2,(H,18,19). The molecule has 0 bridgehead atoms. The highest BCUT2D eigenvalue weighted by atomic mass is 35.5. The van der Waals surface area contributed by atoms with E-state index in [0.29, 0.717) is 18.5 Å². The largest absolute Gasteiger partial charge is 0.481 e. The minimum Gasteiger partial charge on any atom is -0.481 e. The number of benzene rings is 1. The van der Waals surface area contributed by atoms with Crippen molar-refractivity contribution >= 4 is 34.9 Å². The van der Waals surface area contributed by atoms with Gasteiger partial charge in [-0.05, 0) is 31.4 Å². The van der Waals surface area contributed by atoms with Gasteiger partial charge in [0.25, 0.3) is 0 Å². The Morgan fingerprint density at radius 2 is 1.95 bits per heavy atom. The molecule has 3 nitrogen and oxygen atoms in total. The summed E-state index contributed by atoms with van der Waals surface area (Å²) in [5.74, 6) is -1.61. The zero-order chi connectivity index (χ0) is 14.0. The smallest absolute Gasteiger partial charge is 0.306 e. The molecular weight excluding hydrogens is 292 g/mol. The summed E-state index contributed by atoms with van der Waals surface area (Å²) in [4.78, 5) is 11.0. The predicted molar refractivity (Wildman–Crippen MR) is 73.4 cm³/mol. The summed E-state index contributed by atoms with van der Waals surface area (Å²) in [6.07, 6.45) is 2.91. The van der Waals surface area contributed by atoms with Gasteiger partial charge in [0, 0.05) is 6.04 Å². The Labute approximate surface area is 120 Å². The third-order valence-electron chi connectivity index (χ3n) is 3.38. The van der Waals surface area contributed by atoms with Gasteiger partial charge in [-0.15, -0.1) is 0 Å². The fourth-order valence-corrected chi connectivity index (χ4v) is 3.00. The van der Waals surface area contributed by atoms with Gasteiger partial charge >= 0.3 is 5.97 Å². The second-order valence-corrected chi connectivity index (χ2v) is 5.60. The molecule has 6 heteroatoms. The molecule has 1 saturated carbocycles. The van der Waals surface area contributed by atoms with Gasteiger partial charge in [0.05, 0.1) is 21.7 Å². The number of carboxylic acids is 1.